The van der Waals surface area contributed by atoms with Crippen molar-refractivity contribution in [2.45, 2.75) is 32.2 Å². The van der Waals surface area contributed by atoms with E-state index in [-0.39, 0.29) is 0 Å². The van der Waals surface area contributed by atoms with Crippen LogP contribution in [0, 0.1) is 5.92 Å². The molecule has 2 rings (SSSR count). The van der Waals surface area contributed by atoms with Crippen molar-refractivity contribution in [2.24, 2.45) is 11.7 Å². The van der Waals surface area contributed by atoms with E-state index in [1.807, 2.05) is 18.3 Å². The second-order valence-corrected chi connectivity index (χ2v) is 4.81. The molecule has 1 aliphatic rings. The third-order valence-electron chi connectivity index (χ3n) is 3.91. The summed E-state index contributed by atoms with van der Waals surface area (Å²) in [6, 6.07) is 4.38. The van der Waals surface area contributed by atoms with Gasteiger partial charge >= 0.3 is 0 Å². The van der Waals surface area contributed by atoms with E-state index in [0.717, 1.165) is 24.7 Å². The van der Waals surface area contributed by atoms with Crippen molar-refractivity contribution in [1.29, 1.82) is 0 Å². The summed E-state index contributed by atoms with van der Waals surface area (Å²) in [4.78, 5) is 6.84. The number of anilines is 1. The molecule has 0 spiro atoms. The van der Waals surface area contributed by atoms with E-state index in [2.05, 4.69) is 16.8 Å². The molecular weight excluding hydrogens is 226 g/mol. The van der Waals surface area contributed by atoms with Gasteiger partial charge in [-0.3, -0.25) is 0 Å². The largest absolute Gasteiger partial charge is 0.493 e. The van der Waals surface area contributed by atoms with Gasteiger partial charge in [0.1, 0.15) is 0 Å². The van der Waals surface area contributed by atoms with Gasteiger partial charge in [-0.1, -0.05) is 6.42 Å². The summed E-state index contributed by atoms with van der Waals surface area (Å²) in [6.45, 7) is 3.87. The number of hydrogen-bond donors (Lipinski definition) is 1. The van der Waals surface area contributed by atoms with Gasteiger partial charge in [-0.05, 0) is 44.4 Å². The highest BCUT2D eigenvalue weighted by atomic mass is 16.5. The Bertz CT molecular complexity index is 383. The summed E-state index contributed by atoms with van der Waals surface area (Å²) >= 11 is 0. The molecule has 0 aliphatic heterocycles. The van der Waals surface area contributed by atoms with E-state index >= 15 is 0 Å². The van der Waals surface area contributed by atoms with E-state index < -0.39 is 0 Å². The standard InChI is InChI=1S/C14H23N3O/c1-3-17(12-7-4-6-11(12)10-15)14-13(18-2)8-5-9-16-14/h5,8-9,11-12H,3-4,6-7,10,15H2,1-2H3. The lowest BCUT2D eigenvalue weighted by atomic mass is 10.0. The normalized spacial score (nSPS) is 23.1. The number of nitrogens with zero attached hydrogens (tertiary/aromatic N) is 2. The topological polar surface area (TPSA) is 51.4 Å². The molecule has 100 valence electrons. The molecule has 0 saturated heterocycles. The number of aromatic nitrogens is 1. The fraction of sp³-hybridized carbons (Fsp3) is 0.643. The first-order valence-electron chi connectivity index (χ1n) is 6.77. The molecule has 0 amide bonds. The van der Waals surface area contributed by atoms with Crippen molar-refractivity contribution in [3.63, 3.8) is 0 Å². The second-order valence-electron chi connectivity index (χ2n) is 4.81. The van der Waals surface area contributed by atoms with Gasteiger partial charge in [0.25, 0.3) is 0 Å². The fourth-order valence-corrected chi connectivity index (χ4v) is 3.00. The van der Waals surface area contributed by atoms with Crippen molar-refractivity contribution in [1.82, 2.24) is 4.98 Å². The van der Waals surface area contributed by atoms with Crippen molar-refractivity contribution < 1.29 is 4.74 Å². The smallest absolute Gasteiger partial charge is 0.171 e. The minimum Gasteiger partial charge on any atom is -0.493 e. The van der Waals surface area contributed by atoms with Crippen LogP contribution in [0.4, 0.5) is 5.82 Å². The van der Waals surface area contributed by atoms with Gasteiger partial charge in [0, 0.05) is 18.8 Å². The molecule has 0 aromatic carbocycles. The zero-order valence-corrected chi connectivity index (χ0v) is 11.3. The van der Waals surface area contributed by atoms with Crippen LogP contribution >= 0.6 is 0 Å². The maximum atomic E-state index is 5.89. The maximum absolute atomic E-state index is 5.89. The van der Waals surface area contributed by atoms with E-state index in [0.29, 0.717) is 12.0 Å². The van der Waals surface area contributed by atoms with E-state index in [1.165, 1.54) is 19.3 Å². The van der Waals surface area contributed by atoms with Crippen LogP contribution in [-0.2, 0) is 0 Å². The molecule has 1 fully saturated rings. The number of rotatable bonds is 5. The summed E-state index contributed by atoms with van der Waals surface area (Å²) in [5, 5.41) is 0. The van der Waals surface area contributed by atoms with Gasteiger partial charge in [-0.25, -0.2) is 4.98 Å². The monoisotopic (exact) mass is 249 g/mol. The Morgan fingerprint density at radius 3 is 3.00 bits per heavy atom. The highest BCUT2D eigenvalue weighted by Crippen LogP contribution is 2.35. The van der Waals surface area contributed by atoms with Gasteiger partial charge in [0.05, 0.1) is 7.11 Å². The number of ether oxygens (including phenoxy) is 1. The number of methoxy groups -OCH3 is 1. The van der Waals surface area contributed by atoms with Crippen LogP contribution in [0.2, 0.25) is 0 Å². The number of nitrogens with two attached hydrogens (primary N) is 1. The molecule has 1 heterocycles. The predicted molar refractivity (Wildman–Crippen MR) is 74.0 cm³/mol. The fourth-order valence-electron chi connectivity index (χ4n) is 3.00. The average molecular weight is 249 g/mol. The average Bonchev–Trinajstić information content (AvgIpc) is 2.88. The SMILES string of the molecule is CCN(c1ncccc1OC)C1CCCC1CN. The zero-order chi connectivity index (χ0) is 13.0. The molecule has 2 atom stereocenters. The molecule has 4 heteroatoms. The minimum atomic E-state index is 0.504. The highest BCUT2D eigenvalue weighted by Gasteiger charge is 2.32. The van der Waals surface area contributed by atoms with Gasteiger partial charge in [0.2, 0.25) is 0 Å². The lowest BCUT2D eigenvalue weighted by Gasteiger charge is -2.33. The van der Waals surface area contributed by atoms with E-state index in [9.17, 15) is 0 Å². The highest BCUT2D eigenvalue weighted by molar-refractivity contribution is 5.53. The van der Waals surface area contributed by atoms with Crippen LogP contribution in [-0.4, -0.2) is 31.2 Å². The molecule has 4 nitrogen and oxygen atoms in total. The van der Waals surface area contributed by atoms with E-state index in [4.69, 9.17) is 10.5 Å². The summed E-state index contributed by atoms with van der Waals surface area (Å²) in [5.41, 5.74) is 5.89. The van der Waals surface area contributed by atoms with Crippen molar-refractivity contribution in [3.8, 4) is 5.75 Å². The Morgan fingerprint density at radius 2 is 2.33 bits per heavy atom. The quantitative estimate of drug-likeness (QED) is 0.867. The lowest BCUT2D eigenvalue weighted by Crippen LogP contribution is -2.41. The number of pyridine rings is 1. The number of hydrogen-bond acceptors (Lipinski definition) is 4. The molecule has 0 bridgehead atoms. The van der Waals surface area contributed by atoms with Crippen molar-refractivity contribution >= 4 is 5.82 Å². The van der Waals surface area contributed by atoms with E-state index in [1.54, 1.807) is 7.11 Å². The summed E-state index contributed by atoms with van der Waals surface area (Å²) in [5.74, 6) is 2.38. The predicted octanol–water partition coefficient (Wildman–Crippen LogP) is 2.04. The van der Waals surface area contributed by atoms with Crippen LogP contribution in [0.25, 0.3) is 0 Å². The first-order valence-corrected chi connectivity index (χ1v) is 6.77. The molecule has 2 unspecified atom stereocenters. The summed E-state index contributed by atoms with van der Waals surface area (Å²) in [6.07, 6.45) is 5.52. The van der Waals surface area contributed by atoms with Crippen molar-refractivity contribution in [3.05, 3.63) is 18.3 Å². The Kier molecular flexibility index (Phi) is 4.42. The van der Waals surface area contributed by atoms with Crippen LogP contribution in [0.5, 0.6) is 5.75 Å². The van der Waals surface area contributed by atoms with Crippen LogP contribution < -0.4 is 15.4 Å². The first kappa shape index (κ1) is 13.1. The molecule has 18 heavy (non-hydrogen) atoms. The minimum absolute atomic E-state index is 0.504. The molecule has 1 saturated carbocycles. The molecule has 1 aromatic rings. The lowest BCUT2D eigenvalue weighted by molar-refractivity contribution is 0.404. The molecule has 1 aromatic heterocycles. The van der Waals surface area contributed by atoms with Crippen LogP contribution in [0.1, 0.15) is 26.2 Å². The van der Waals surface area contributed by atoms with Gasteiger partial charge in [0.15, 0.2) is 11.6 Å². The summed E-state index contributed by atoms with van der Waals surface area (Å²) < 4.78 is 5.42. The molecule has 0 radical (unpaired) electrons. The third kappa shape index (κ3) is 2.43. The Balaban J connectivity index is 2.27. The molecular formula is C14H23N3O. The van der Waals surface area contributed by atoms with Crippen molar-refractivity contribution in [2.75, 3.05) is 25.1 Å². The molecule has 1 aliphatic carbocycles. The Morgan fingerprint density at radius 1 is 1.50 bits per heavy atom. The van der Waals surface area contributed by atoms with Gasteiger partial charge < -0.3 is 15.4 Å². The molecule has 2 N–H and O–H groups in total. The van der Waals surface area contributed by atoms with Crippen LogP contribution in [0.15, 0.2) is 18.3 Å². The third-order valence-corrected chi connectivity index (χ3v) is 3.91. The van der Waals surface area contributed by atoms with Crippen LogP contribution in [0.3, 0.4) is 0 Å². The zero-order valence-electron chi connectivity index (χ0n) is 11.3. The maximum Gasteiger partial charge on any atom is 0.171 e. The Hall–Kier alpha value is -1.29. The second kappa shape index (κ2) is 6.05. The van der Waals surface area contributed by atoms with Gasteiger partial charge in [-0.15, -0.1) is 0 Å². The summed E-state index contributed by atoms with van der Waals surface area (Å²) in [7, 11) is 1.70. The van der Waals surface area contributed by atoms with Gasteiger partial charge in [-0.2, -0.15) is 0 Å². The Labute approximate surface area is 109 Å². The first-order chi connectivity index (χ1) is 8.81.